The Balaban J connectivity index is 1.71. The molecular weight excluding hydrogens is 451 g/mol. The number of anilines is 2. The Labute approximate surface area is 190 Å². The minimum atomic E-state index is -3.88. The molecule has 9 nitrogen and oxygen atoms in total. The van der Waals surface area contributed by atoms with E-state index in [2.05, 4.69) is 26.8 Å². The van der Waals surface area contributed by atoms with Crippen LogP contribution in [0.4, 0.5) is 15.9 Å². The van der Waals surface area contributed by atoms with Gasteiger partial charge in [0, 0.05) is 23.2 Å². The minimum Gasteiger partial charge on any atom is -0.497 e. The summed E-state index contributed by atoms with van der Waals surface area (Å²) in [5, 5.41) is 10.1. The van der Waals surface area contributed by atoms with E-state index in [1.165, 1.54) is 0 Å². The number of aromatic nitrogens is 2. The maximum absolute atomic E-state index is 13.7. The molecule has 0 atom stereocenters. The quantitative estimate of drug-likeness (QED) is 0.413. The first-order valence-electron chi connectivity index (χ1n) is 9.75. The number of aryl methyl sites for hydroxylation is 2. The van der Waals surface area contributed by atoms with Gasteiger partial charge in [0.25, 0.3) is 15.9 Å². The van der Waals surface area contributed by atoms with Crippen molar-refractivity contribution >= 4 is 27.4 Å². The monoisotopic (exact) mass is 474 g/mol. The van der Waals surface area contributed by atoms with Gasteiger partial charge < -0.3 is 14.8 Å². The second-order valence-corrected chi connectivity index (χ2v) is 8.58. The predicted molar refractivity (Wildman–Crippen MR) is 123 cm³/mol. The normalized spacial score (nSPS) is 11.0. The molecule has 0 aliphatic carbocycles. The lowest BCUT2D eigenvalue weighted by Gasteiger charge is -2.10. The number of H-pyrrole nitrogens is 1. The van der Waals surface area contributed by atoms with Crippen molar-refractivity contribution in [2.24, 2.45) is 0 Å². The second-order valence-electron chi connectivity index (χ2n) is 6.96. The van der Waals surface area contributed by atoms with E-state index in [1.54, 1.807) is 26.4 Å². The molecule has 174 valence electrons. The summed E-state index contributed by atoms with van der Waals surface area (Å²) in [6, 6.07) is 10.3. The lowest BCUT2D eigenvalue weighted by atomic mass is 10.1. The van der Waals surface area contributed by atoms with Crippen molar-refractivity contribution in [2.45, 2.75) is 12.8 Å². The number of nitrogens with one attached hydrogen (secondary N) is 3. The molecule has 0 unspecified atom stereocenters. The van der Waals surface area contributed by atoms with Crippen LogP contribution >= 0.6 is 0 Å². The molecule has 0 aliphatic heterocycles. The number of aromatic amines is 1. The van der Waals surface area contributed by atoms with Crippen molar-refractivity contribution in [2.75, 3.05) is 24.3 Å². The molecule has 0 saturated heterocycles. The highest BCUT2D eigenvalue weighted by atomic mass is 32.2. The molecule has 3 N–H and O–H groups in total. The van der Waals surface area contributed by atoms with E-state index in [0.29, 0.717) is 29.7 Å². The summed E-state index contributed by atoms with van der Waals surface area (Å²) in [5.41, 5.74) is 1.45. The average Bonchev–Trinajstić information content (AvgIpc) is 3.25. The number of sulfonamides is 1. The predicted octanol–water partition coefficient (Wildman–Crippen LogP) is 3.49. The van der Waals surface area contributed by atoms with Crippen molar-refractivity contribution < 1.29 is 27.1 Å². The number of methoxy groups -OCH3 is 2. The fourth-order valence-electron chi connectivity index (χ4n) is 3.02. The molecule has 1 amide bonds. The van der Waals surface area contributed by atoms with Gasteiger partial charge in [-0.15, -0.1) is 0 Å². The lowest BCUT2D eigenvalue weighted by Crippen LogP contribution is -2.17. The molecule has 33 heavy (non-hydrogen) atoms. The molecule has 0 radical (unpaired) electrons. The second kappa shape index (κ2) is 10.2. The van der Waals surface area contributed by atoms with Crippen LogP contribution < -0.4 is 19.5 Å². The van der Waals surface area contributed by atoms with Crippen LogP contribution in [0.5, 0.6) is 11.5 Å². The highest BCUT2D eigenvalue weighted by molar-refractivity contribution is 7.95. The van der Waals surface area contributed by atoms with Crippen LogP contribution in [0.15, 0.2) is 54.5 Å². The Morgan fingerprint density at radius 2 is 1.82 bits per heavy atom. The van der Waals surface area contributed by atoms with Crippen molar-refractivity contribution in [3.05, 3.63) is 77.1 Å². The Hall–Kier alpha value is -3.86. The molecule has 0 fully saturated rings. The number of ether oxygens (including phenoxy) is 2. The molecule has 11 heteroatoms. The first-order chi connectivity index (χ1) is 15.7. The average molecular weight is 475 g/mol. The number of halogens is 1. The van der Waals surface area contributed by atoms with E-state index in [-0.39, 0.29) is 17.1 Å². The zero-order valence-electron chi connectivity index (χ0n) is 18.0. The van der Waals surface area contributed by atoms with Gasteiger partial charge in [0.1, 0.15) is 17.3 Å². The number of hydrogen-bond donors (Lipinski definition) is 3. The lowest BCUT2D eigenvalue weighted by molar-refractivity contribution is 0.102. The summed E-state index contributed by atoms with van der Waals surface area (Å²) >= 11 is 0. The molecule has 0 bridgehead atoms. The van der Waals surface area contributed by atoms with Gasteiger partial charge in [0.2, 0.25) is 0 Å². The van der Waals surface area contributed by atoms with Crippen LogP contribution in [0.1, 0.15) is 21.6 Å². The molecule has 0 saturated carbocycles. The third-order valence-corrected chi connectivity index (χ3v) is 5.61. The van der Waals surface area contributed by atoms with Gasteiger partial charge in [-0.3, -0.25) is 14.6 Å². The summed E-state index contributed by atoms with van der Waals surface area (Å²) in [5.74, 6) is 0.143. The summed E-state index contributed by atoms with van der Waals surface area (Å²) in [4.78, 5) is 12.7. The van der Waals surface area contributed by atoms with E-state index in [9.17, 15) is 17.6 Å². The summed E-state index contributed by atoms with van der Waals surface area (Å²) in [7, 11) is -0.726. The Morgan fingerprint density at radius 1 is 1.12 bits per heavy atom. The summed E-state index contributed by atoms with van der Waals surface area (Å²) < 4.78 is 50.0. The van der Waals surface area contributed by atoms with Gasteiger partial charge in [0.15, 0.2) is 5.82 Å². The Kier molecular flexibility index (Phi) is 7.34. The number of carbonyl (C=O) groups excluding carboxylic acids is 1. The Morgan fingerprint density at radius 3 is 2.45 bits per heavy atom. The molecule has 1 aromatic heterocycles. The highest BCUT2D eigenvalue weighted by Gasteiger charge is 2.17. The third kappa shape index (κ3) is 6.32. The van der Waals surface area contributed by atoms with Gasteiger partial charge in [0.05, 0.1) is 25.5 Å². The number of carbonyl (C=O) groups is 1. The van der Waals surface area contributed by atoms with E-state index >= 15 is 0 Å². The van der Waals surface area contributed by atoms with E-state index in [1.807, 2.05) is 12.1 Å². The van der Waals surface area contributed by atoms with E-state index in [0.717, 1.165) is 29.5 Å². The summed E-state index contributed by atoms with van der Waals surface area (Å²) in [6.07, 6.45) is 1.24. The van der Waals surface area contributed by atoms with Crippen molar-refractivity contribution in [1.29, 1.82) is 0 Å². The molecule has 3 aromatic rings. The molecule has 2 aromatic carbocycles. The Bertz CT molecular complexity index is 1250. The number of hydrogen-bond acceptors (Lipinski definition) is 6. The fraction of sp³-hybridized carbons (Fsp3) is 0.182. The van der Waals surface area contributed by atoms with Gasteiger partial charge in [-0.1, -0.05) is 6.58 Å². The largest absolute Gasteiger partial charge is 0.497 e. The molecule has 0 aliphatic rings. The maximum Gasteiger partial charge on any atom is 0.259 e. The first kappa shape index (κ1) is 23.8. The number of benzene rings is 2. The SMILES string of the molecule is C=CS(=O)(=O)Nc1ccc(F)cc1C(=O)Nc1cc(CCc2cc(OC)cc(OC)c2)[nH]n1. The molecule has 1 heterocycles. The van der Waals surface area contributed by atoms with Gasteiger partial charge in [-0.05, 0) is 48.7 Å². The van der Waals surface area contributed by atoms with E-state index in [4.69, 9.17) is 9.47 Å². The number of nitrogens with zero attached hydrogens (tertiary/aromatic N) is 1. The van der Waals surface area contributed by atoms with Gasteiger partial charge in [-0.25, -0.2) is 12.8 Å². The molecule has 3 rings (SSSR count). The smallest absolute Gasteiger partial charge is 0.259 e. The zero-order valence-corrected chi connectivity index (χ0v) is 18.8. The maximum atomic E-state index is 13.7. The third-order valence-electron chi connectivity index (χ3n) is 4.66. The standard InChI is InChI=1S/C22H23FN4O5S/c1-4-33(29,30)27-20-8-6-15(23)11-19(20)22(28)24-21-12-16(25-26-21)7-5-14-9-17(31-2)13-18(10-14)32-3/h4,6,8-13,27H,1,5,7H2,2-3H3,(H2,24,25,26,28). The van der Waals surface area contributed by atoms with Crippen LogP contribution in [-0.4, -0.2) is 38.7 Å². The van der Waals surface area contributed by atoms with E-state index < -0.39 is 21.7 Å². The molecular formula is C22H23FN4O5S. The van der Waals surface area contributed by atoms with Crippen LogP contribution in [0, 0.1) is 5.82 Å². The number of amides is 1. The molecule has 0 spiro atoms. The highest BCUT2D eigenvalue weighted by Crippen LogP contribution is 2.24. The van der Waals surface area contributed by atoms with Crippen LogP contribution in [0.25, 0.3) is 0 Å². The van der Waals surface area contributed by atoms with Crippen molar-refractivity contribution in [1.82, 2.24) is 10.2 Å². The van der Waals surface area contributed by atoms with Gasteiger partial charge >= 0.3 is 0 Å². The fourth-order valence-corrected chi connectivity index (χ4v) is 3.58. The topological polar surface area (TPSA) is 122 Å². The van der Waals surface area contributed by atoms with Crippen molar-refractivity contribution in [3.63, 3.8) is 0 Å². The van der Waals surface area contributed by atoms with Gasteiger partial charge in [-0.2, -0.15) is 5.10 Å². The van der Waals surface area contributed by atoms with Crippen LogP contribution in [0.2, 0.25) is 0 Å². The van der Waals surface area contributed by atoms with Crippen LogP contribution in [0.3, 0.4) is 0 Å². The zero-order chi connectivity index (χ0) is 24.0. The van der Waals surface area contributed by atoms with Crippen LogP contribution in [-0.2, 0) is 22.9 Å². The van der Waals surface area contributed by atoms with Crippen molar-refractivity contribution in [3.8, 4) is 11.5 Å². The summed E-state index contributed by atoms with van der Waals surface area (Å²) in [6.45, 7) is 3.20. The number of rotatable bonds is 10. The first-order valence-corrected chi connectivity index (χ1v) is 11.3. The minimum absolute atomic E-state index is 0.0865.